The molecule has 0 heterocycles. The number of ether oxygens (including phenoxy) is 2. The summed E-state index contributed by atoms with van der Waals surface area (Å²) in [6.45, 7) is 14.2. The molecule has 2 unspecified atom stereocenters. The zero-order valence-corrected chi connectivity index (χ0v) is 30.1. The number of aliphatic hydroxyl groups is 1. The van der Waals surface area contributed by atoms with Gasteiger partial charge in [0.1, 0.15) is 5.75 Å². The molecule has 2 rings (SSSR count). The van der Waals surface area contributed by atoms with Gasteiger partial charge in [-0.3, -0.25) is 14.4 Å². The minimum atomic E-state index is -1.16. The molecule has 0 bridgehead atoms. The maximum atomic E-state index is 11.9. The molecular formula is C36H55ClN2O8. The molecule has 0 aliphatic carbocycles. The Morgan fingerprint density at radius 1 is 1.06 bits per heavy atom. The van der Waals surface area contributed by atoms with E-state index in [-0.39, 0.29) is 30.9 Å². The lowest BCUT2D eigenvalue weighted by molar-refractivity contribution is -0.171. The normalized spacial score (nSPS) is 11.7. The third-order valence-electron chi connectivity index (χ3n) is 6.13. The number of nitrogens with one attached hydrogen (secondary N) is 1. The smallest absolute Gasteiger partial charge is 0.345 e. The zero-order chi connectivity index (χ0) is 36.6. The summed E-state index contributed by atoms with van der Waals surface area (Å²) in [5.74, 6) is -1.64. The Balaban J connectivity index is 0. The Kier molecular flexibility index (Phi) is 24.3. The van der Waals surface area contributed by atoms with Crippen LogP contribution in [0.3, 0.4) is 0 Å². The standard InChI is InChI=1S/C13H23NO5.C8H9ClO.C8H10.C7H13NO2/c1-8(2)6-10(11(16)17)19-12(18)13(4,5)7-14-9(3)15;1-6-3-4-8(10-2)7(9)5-6;1-2-8-6-4-3-5-7-8;1-6(9)4-2-3-5-7(8)10/h8,10H,6-7H2,1-5H3,(H,14,15)(H,16,17);3-5H,1-2H3;3-7H,2H2,1H3;3,5-6,9H,2,4H2,1H3,(H2,8,10)/b;;;5-3+. The minimum Gasteiger partial charge on any atom is -0.495 e. The molecule has 0 saturated carbocycles. The summed E-state index contributed by atoms with van der Waals surface area (Å²) in [5, 5.41) is 21.0. The van der Waals surface area contributed by atoms with Gasteiger partial charge in [-0.25, -0.2) is 4.79 Å². The molecule has 5 N–H and O–H groups in total. The van der Waals surface area contributed by atoms with Gasteiger partial charge in [0.25, 0.3) is 0 Å². The number of nitrogens with two attached hydrogens (primary N) is 1. The van der Waals surface area contributed by atoms with Crippen molar-refractivity contribution in [2.75, 3.05) is 13.7 Å². The number of methoxy groups -OCH3 is 1. The third kappa shape index (κ3) is 24.9. The molecule has 11 heteroatoms. The number of hydrogen-bond donors (Lipinski definition) is 4. The van der Waals surface area contributed by atoms with Gasteiger partial charge in [0.05, 0.1) is 23.7 Å². The lowest BCUT2D eigenvalue weighted by Gasteiger charge is -2.25. The number of aryl methyl sites for hydroxylation is 2. The number of esters is 1. The Morgan fingerprint density at radius 2 is 1.66 bits per heavy atom. The molecule has 10 nitrogen and oxygen atoms in total. The molecule has 0 aromatic heterocycles. The summed E-state index contributed by atoms with van der Waals surface area (Å²) < 4.78 is 10.00. The van der Waals surface area contributed by atoms with Crippen molar-refractivity contribution in [3.05, 3.63) is 76.8 Å². The van der Waals surface area contributed by atoms with Crippen molar-refractivity contribution in [3.8, 4) is 5.75 Å². The van der Waals surface area contributed by atoms with Crippen LogP contribution < -0.4 is 15.8 Å². The molecule has 0 saturated heterocycles. The van der Waals surface area contributed by atoms with Crippen molar-refractivity contribution in [2.24, 2.45) is 17.1 Å². The fourth-order valence-corrected chi connectivity index (χ4v) is 3.67. The van der Waals surface area contributed by atoms with E-state index in [1.807, 2.05) is 45.0 Å². The highest BCUT2D eigenvalue weighted by Crippen LogP contribution is 2.24. The Bertz CT molecular complexity index is 1230. The highest BCUT2D eigenvalue weighted by atomic mass is 35.5. The summed E-state index contributed by atoms with van der Waals surface area (Å²) in [5.41, 5.74) is 6.41. The summed E-state index contributed by atoms with van der Waals surface area (Å²) in [6, 6.07) is 16.2. The van der Waals surface area contributed by atoms with Crippen LogP contribution in [0.15, 0.2) is 60.7 Å². The number of aliphatic hydroxyl groups excluding tert-OH is 1. The first-order chi connectivity index (χ1) is 21.9. The monoisotopic (exact) mass is 678 g/mol. The lowest BCUT2D eigenvalue weighted by atomic mass is 9.93. The first kappa shape index (κ1) is 45.2. The Hall–Kier alpha value is -3.89. The molecule has 0 spiro atoms. The molecule has 2 aromatic carbocycles. The second kappa shape index (κ2) is 25.2. The molecule has 2 atom stereocenters. The van der Waals surface area contributed by atoms with Gasteiger partial charge in [0, 0.05) is 13.5 Å². The first-order valence-corrected chi connectivity index (χ1v) is 15.9. The van der Waals surface area contributed by atoms with E-state index >= 15 is 0 Å². The Morgan fingerprint density at radius 3 is 2.06 bits per heavy atom. The molecule has 0 aliphatic heterocycles. The quantitative estimate of drug-likeness (QED) is 0.142. The van der Waals surface area contributed by atoms with Crippen molar-refractivity contribution < 1.29 is 38.9 Å². The van der Waals surface area contributed by atoms with Crippen LogP contribution in [-0.4, -0.2) is 59.8 Å². The number of carbonyl (C=O) groups is 4. The number of benzene rings is 2. The van der Waals surface area contributed by atoms with Gasteiger partial charge in [-0.1, -0.05) is 74.8 Å². The van der Waals surface area contributed by atoms with Gasteiger partial charge in [-0.05, 0) is 88.6 Å². The Labute approximate surface area is 285 Å². The largest absolute Gasteiger partial charge is 0.495 e. The molecule has 2 amide bonds. The van der Waals surface area contributed by atoms with Crippen LogP contribution in [0, 0.1) is 18.3 Å². The summed E-state index contributed by atoms with van der Waals surface area (Å²) in [4.78, 5) is 43.9. The molecule has 2 aromatic rings. The van der Waals surface area contributed by atoms with E-state index in [2.05, 4.69) is 36.5 Å². The molecule has 47 heavy (non-hydrogen) atoms. The van der Waals surface area contributed by atoms with E-state index < -0.39 is 29.4 Å². The predicted molar refractivity (Wildman–Crippen MR) is 187 cm³/mol. The van der Waals surface area contributed by atoms with E-state index in [9.17, 15) is 19.2 Å². The van der Waals surface area contributed by atoms with E-state index in [1.54, 1.807) is 34.0 Å². The number of carbonyl (C=O) groups excluding carboxylic acids is 3. The van der Waals surface area contributed by atoms with Crippen molar-refractivity contribution in [2.45, 2.75) is 93.3 Å². The van der Waals surface area contributed by atoms with Crippen LogP contribution in [0.5, 0.6) is 5.75 Å². The van der Waals surface area contributed by atoms with Crippen molar-refractivity contribution in [1.29, 1.82) is 0 Å². The van der Waals surface area contributed by atoms with Crippen molar-refractivity contribution in [3.63, 3.8) is 0 Å². The van der Waals surface area contributed by atoms with Crippen LogP contribution in [0.1, 0.15) is 78.9 Å². The van der Waals surface area contributed by atoms with Crippen LogP contribution in [0.25, 0.3) is 0 Å². The van der Waals surface area contributed by atoms with Crippen LogP contribution in [0.4, 0.5) is 0 Å². The van der Waals surface area contributed by atoms with Gasteiger partial charge in [0.15, 0.2) is 6.10 Å². The number of rotatable bonds is 13. The molecular weight excluding hydrogens is 624 g/mol. The van der Waals surface area contributed by atoms with Gasteiger partial charge >= 0.3 is 11.9 Å². The van der Waals surface area contributed by atoms with E-state index in [0.717, 1.165) is 17.7 Å². The van der Waals surface area contributed by atoms with Crippen LogP contribution >= 0.6 is 11.6 Å². The summed E-state index contributed by atoms with van der Waals surface area (Å²) in [7, 11) is 1.61. The molecule has 0 aliphatic rings. The van der Waals surface area contributed by atoms with E-state index in [1.165, 1.54) is 18.6 Å². The van der Waals surface area contributed by atoms with Gasteiger partial charge in [0.2, 0.25) is 11.8 Å². The number of hydrogen-bond acceptors (Lipinski definition) is 7. The highest BCUT2D eigenvalue weighted by Gasteiger charge is 2.34. The van der Waals surface area contributed by atoms with Crippen LogP contribution in [0.2, 0.25) is 5.02 Å². The van der Waals surface area contributed by atoms with Gasteiger partial charge in [-0.15, -0.1) is 0 Å². The lowest BCUT2D eigenvalue weighted by Crippen LogP contribution is -2.42. The molecule has 0 fully saturated rings. The van der Waals surface area contributed by atoms with Crippen molar-refractivity contribution in [1.82, 2.24) is 5.32 Å². The number of aliphatic carboxylic acids is 1. The second-order valence-corrected chi connectivity index (χ2v) is 12.3. The number of carboxylic acid groups (broad SMARTS) is 1. The molecule has 0 radical (unpaired) electrons. The second-order valence-electron chi connectivity index (χ2n) is 11.9. The average Bonchev–Trinajstić information content (AvgIpc) is 2.99. The fraction of sp³-hybridized carbons (Fsp3) is 0.500. The maximum Gasteiger partial charge on any atom is 0.345 e. The van der Waals surface area contributed by atoms with Gasteiger partial charge < -0.3 is 30.7 Å². The number of allylic oxidation sites excluding steroid dienone is 1. The fourth-order valence-electron chi connectivity index (χ4n) is 3.36. The number of carboxylic acids is 1. The van der Waals surface area contributed by atoms with E-state index in [4.69, 9.17) is 37.0 Å². The molecule has 264 valence electrons. The number of halogens is 1. The van der Waals surface area contributed by atoms with E-state index in [0.29, 0.717) is 17.9 Å². The number of amides is 2. The van der Waals surface area contributed by atoms with Crippen molar-refractivity contribution >= 4 is 35.4 Å². The third-order valence-corrected chi connectivity index (χ3v) is 6.43. The summed E-state index contributed by atoms with van der Waals surface area (Å²) >= 11 is 5.80. The van der Waals surface area contributed by atoms with Gasteiger partial charge in [-0.2, -0.15) is 0 Å². The van der Waals surface area contributed by atoms with Crippen LogP contribution in [-0.2, 0) is 30.3 Å². The average molecular weight is 679 g/mol. The first-order valence-electron chi connectivity index (χ1n) is 15.5. The zero-order valence-electron chi connectivity index (χ0n) is 29.3. The summed E-state index contributed by atoms with van der Waals surface area (Å²) in [6.07, 6.45) is 4.28. The SMILES string of the molecule is CC(=O)NCC(C)(C)C(=O)OC(CC(C)C)C(=O)O.CC(O)CC/C=C/C(N)=O.CCc1ccccc1.COc1ccc(C)cc1Cl. The maximum absolute atomic E-state index is 11.9. The predicted octanol–water partition coefficient (Wildman–Crippen LogP) is 6.29. The topological polar surface area (TPSA) is 165 Å². The number of primary amides is 1. The minimum absolute atomic E-state index is 0.104. The highest BCUT2D eigenvalue weighted by molar-refractivity contribution is 6.32.